The van der Waals surface area contributed by atoms with E-state index >= 15 is 0 Å². The third-order valence-corrected chi connectivity index (χ3v) is 7.04. The number of aromatic nitrogens is 1. The van der Waals surface area contributed by atoms with Gasteiger partial charge in [-0.1, -0.05) is 20.8 Å². The number of ether oxygens (including phenoxy) is 1. The van der Waals surface area contributed by atoms with Crippen LogP contribution in [0.25, 0.3) is 0 Å². The summed E-state index contributed by atoms with van der Waals surface area (Å²) in [6.07, 6.45) is 1.34. The van der Waals surface area contributed by atoms with Crippen molar-refractivity contribution in [2.75, 3.05) is 18.5 Å². The van der Waals surface area contributed by atoms with Crippen molar-refractivity contribution in [2.24, 2.45) is 16.7 Å². The van der Waals surface area contributed by atoms with Gasteiger partial charge in [0.05, 0.1) is 24.1 Å². The van der Waals surface area contributed by atoms with Crippen LogP contribution in [0, 0.1) is 16.7 Å². The largest absolute Gasteiger partial charge is 0.466 e. The number of nitrogens with zero attached hydrogens (tertiary/aromatic N) is 2. The van der Waals surface area contributed by atoms with Crippen molar-refractivity contribution in [3.8, 4) is 0 Å². The Kier molecular flexibility index (Phi) is 5.31. The highest BCUT2D eigenvalue weighted by Gasteiger charge is 2.64. The van der Waals surface area contributed by atoms with Crippen LogP contribution in [0.1, 0.15) is 46.2 Å². The summed E-state index contributed by atoms with van der Waals surface area (Å²) in [6, 6.07) is 0. The molecule has 9 heteroatoms. The predicted molar refractivity (Wildman–Crippen MR) is 102 cm³/mol. The number of imide groups is 1. The molecule has 152 valence electrons. The van der Waals surface area contributed by atoms with Crippen LogP contribution in [0.4, 0.5) is 5.13 Å². The summed E-state index contributed by atoms with van der Waals surface area (Å²) in [5.74, 6) is -1.68. The zero-order valence-corrected chi connectivity index (χ0v) is 17.4. The van der Waals surface area contributed by atoms with Crippen LogP contribution in [0.2, 0.25) is 0 Å². The fourth-order valence-electron chi connectivity index (χ4n) is 4.16. The van der Waals surface area contributed by atoms with Crippen LogP contribution < -0.4 is 5.32 Å². The lowest BCUT2D eigenvalue weighted by molar-refractivity contribution is -0.168. The van der Waals surface area contributed by atoms with Crippen molar-refractivity contribution in [2.45, 2.75) is 47.0 Å². The van der Waals surface area contributed by atoms with Crippen molar-refractivity contribution >= 4 is 40.2 Å². The maximum Gasteiger partial charge on any atom is 0.311 e. The maximum atomic E-state index is 13.0. The van der Waals surface area contributed by atoms with Gasteiger partial charge in [0, 0.05) is 11.3 Å². The van der Waals surface area contributed by atoms with E-state index in [-0.39, 0.29) is 36.7 Å². The van der Waals surface area contributed by atoms with E-state index < -0.39 is 16.7 Å². The fourth-order valence-corrected chi connectivity index (χ4v) is 4.89. The molecule has 0 aromatic carbocycles. The van der Waals surface area contributed by atoms with E-state index in [1.807, 2.05) is 20.8 Å². The van der Waals surface area contributed by atoms with Gasteiger partial charge in [-0.15, -0.1) is 11.3 Å². The minimum absolute atomic E-state index is 0.0262. The number of anilines is 1. The van der Waals surface area contributed by atoms with Crippen molar-refractivity contribution in [1.29, 1.82) is 0 Å². The maximum absolute atomic E-state index is 13.0. The van der Waals surface area contributed by atoms with Gasteiger partial charge < -0.3 is 10.1 Å². The van der Waals surface area contributed by atoms with Crippen LogP contribution in [0.15, 0.2) is 5.38 Å². The van der Waals surface area contributed by atoms with Gasteiger partial charge in [-0.25, -0.2) is 4.98 Å². The van der Waals surface area contributed by atoms with Crippen LogP contribution in [-0.2, 0) is 30.3 Å². The van der Waals surface area contributed by atoms with Crippen LogP contribution in [0.3, 0.4) is 0 Å². The Bertz CT molecular complexity index is 833. The third kappa shape index (κ3) is 3.32. The Balaban J connectivity index is 1.64. The van der Waals surface area contributed by atoms with E-state index in [0.29, 0.717) is 30.3 Å². The molecular formula is C19H25N3O5S. The molecule has 1 aromatic rings. The number of thiazole rings is 1. The molecule has 3 rings (SSSR count). The number of rotatable bonds is 6. The van der Waals surface area contributed by atoms with Gasteiger partial charge in [0.15, 0.2) is 5.13 Å². The van der Waals surface area contributed by atoms with Gasteiger partial charge in [0.25, 0.3) is 0 Å². The van der Waals surface area contributed by atoms with E-state index in [0.717, 1.165) is 4.90 Å². The highest BCUT2D eigenvalue weighted by Crippen LogP contribution is 2.59. The second-order valence-electron chi connectivity index (χ2n) is 8.05. The lowest BCUT2D eigenvalue weighted by Crippen LogP contribution is -2.60. The molecule has 2 aliphatic rings. The number of piperidine rings is 1. The molecule has 0 radical (unpaired) electrons. The number of amides is 3. The first kappa shape index (κ1) is 20.4. The number of likely N-dealkylation sites (tertiary alicyclic amines) is 1. The molecule has 8 nitrogen and oxygen atoms in total. The second-order valence-corrected chi connectivity index (χ2v) is 8.91. The molecule has 1 aromatic heterocycles. The number of hydrogen-bond acceptors (Lipinski definition) is 7. The number of carbonyl (C=O) groups excluding carboxylic acids is 4. The Morgan fingerprint density at radius 2 is 2.07 bits per heavy atom. The van der Waals surface area contributed by atoms with Crippen molar-refractivity contribution in [3.63, 3.8) is 0 Å². The van der Waals surface area contributed by atoms with Crippen LogP contribution in [-0.4, -0.2) is 46.7 Å². The van der Waals surface area contributed by atoms with Crippen molar-refractivity contribution in [3.05, 3.63) is 11.1 Å². The summed E-state index contributed by atoms with van der Waals surface area (Å²) in [4.78, 5) is 54.9. The number of esters is 1. The van der Waals surface area contributed by atoms with Crippen LogP contribution in [0.5, 0.6) is 0 Å². The molecule has 1 aliphatic carbocycles. The van der Waals surface area contributed by atoms with E-state index in [1.54, 1.807) is 12.3 Å². The lowest BCUT2D eigenvalue weighted by Gasteiger charge is -2.47. The standard InChI is InChI=1S/C19H25N3O5S/c1-5-27-14(24)8-11-10-28-17(20-11)21-13(23)9-22-15(25)12-6-7-19(4,16(22)26)18(12,2)3/h10,12H,5-9H2,1-4H3,(H,20,21,23). The highest BCUT2D eigenvalue weighted by molar-refractivity contribution is 7.13. The Morgan fingerprint density at radius 3 is 2.75 bits per heavy atom. The second kappa shape index (κ2) is 7.27. The first-order valence-electron chi connectivity index (χ1n) is 9.36. The number of carbonyl (C=O) groups is 4. The third-order valence-electron chi connectivity index (χ3n) is 6.24. The number of fused-ring (bicyclic) bond motifs is 2. The molecule has 2 bridgehead atoms. The molecule has 1 saturated heterocycles. The smallest absolute Gasteiger partial charge is 0.311 e. The van der Waals surface area contributed by atoms with E-state index in [2.05, 4.69) is 10.3 Å². The Labute approximate surface area is 167 Å². The van der Waals surface area contributed by atoms with Gasteiger partial charge in [-0.3, -0.25) is 24.1 Å². The molecule has 2 unspecified atom stereocenters. The topological polar surface area (TPSA) is 106 Å². The highest BCUT2D eigenvalue weighted by atomic mass is 32.1. The fraction of sp³-hybridized carbons (Fsp3) is 0.632. The Morgan fingerprint density at radius 1 is 1.36 bits per heavy atom. The van der Waals surface area contributed by atoms with E-state index in [1.165, 1.54) is 11.3 Å². The van der Waals surface area contributed by atoms with Gasteiger partial charge >= 0.3 is 5.97 Å². The van der Waals surface area contributed by atoms with Gasteiger partial charge in [-0.05, 0) is 25.2 Å². The monoisotopic (exact) mass is 407 g/mol. The first-order valence-corrected chi connectivity index (χ1v) is 10.2. The summed E-state index contributed by atoms with van der Waals surface area (Å²) in [6.45, 7) is 7.49. The zero-order valence-electron chi connectivity index (χ0n) is 16.5. The number of hydrogen-bond donors (Lipinski definition) is 1. The quantitative estimate of drug-likeness (QED) is 0.571. The lowest BCUT2D eigenvalue weighted by atomic mass is 9.62. The molecule has 1 N–H and O–H groups in total. The minimum atomic E-state index is -0.639. The minimum Gasteiger partial charge on any atom is -0.466 e. The Hall–Kier alpha value is -2.29. The van der Waals surface area contributed by atoms with Gasteiger partial charge in [0.2, 0.25) is 17.7 Å². The summed E-state index contributed by atoms with van der Waals surface area (Å²) in [5, 5.41) is 4.59. The first-order chi connectivity index (χ1) is 13.1. The molecule has 1 saturated carbocycles. The van der Waals surface area contributed by atoms with E-state index in [9.17, 15) is 19.2 Å². The van der Waals surface area contributed by atoms with E-state index in [4.69, 9.17) is 4.74 Å². The van der Waals surface area contributed by atoms with Gasteiger partial charge in [0.1, 0.15) is 6.54 Å². The molecule has 2 fully saturated rings. The van der Waals surface area contributed by atoms with Crippen molar-refractivity contribution in [1.82, 2.24) is 9.88 Å². The molecule has 3 amide bonds. The normalized spacial score (nSPS) is 25.7. The average molecular weight is 407 g/mol. The summed E-state index contributed by atoms with van der Waals surface area (Å²) >= 11 is 1.17. The zero-order chi connectivity index (χ0) is 20.7. The van der Waals surface area contributed by atoms with Crippen LogP contribution >= 0.6 is 11.3 Å². The summed E-state index contributed by atoms with van der Waals surface area (Å²) in [5.41, 5.74) is -0.554. The van der Waals surface area contributed by atoms with Gasteiger partial charge in [-0.2, -0.15) is 0 Å². The predicted octanol–water partition coefficient (Wildman–Crippen LogP) is 2.00. The molecule has 1 aliphatic heterocycles. The summed E-state index contributed by atoms with van der Waals surface area (Å²) < 4.78 is 4.87. The number of nitrogens with one attached hydrogen (secondary N) is 1. The molecule has 2 heterocycles. The molecule has 28 heavy (non-hydrogen) atoms. The molecule has 2 atom stereocenters. The average Bonchev–Trinajstić information content (AvgIpc) is 3.11. The van der Waals surface area contributed by atoms with Crippen molar-refractivity contribution < 1.29 is 23.9 Å². The molecular weight excluding hydrogens is 382 g/mol. The molecule has 0 spiro atoms. The summed E-state index contributed by atoms with van der Waals surface area (Å²) in [7, 11) is 0. The SMILES string of the molecule is CCOC(=O)Cc1csc(NC(=O)CN2C(=O)C3CCC(C)(C2=O)C3(C)C)n1.